The first-order valence-corrected chi connectivity index (χ1v) is 10.4. The number of hydrogen-bond donors (Lipinski definition) is 3. The van der Waals surface area contributed by atoms with Crippen LogP contribution in [0.2, 0.25) is 0 Å². The van der Waals surface area contributed by atoms with Crippen LogP contribution in [0.5, 0.6) is 23.0 Å². The second-order valence-corrected chi connectivity index (χ2v) is 7.19. The second-order valence-electron chi connectivity index (χ2n) is 7.19. The molecule has 3 N–H and O–H groups in total. The number of carbonyl (C=O) groups excluding carboxylic acids is 2. The van der Waals surface area contributed by atoms with Crippen LogP contribution in [0, 0.1) is 0 Å². The van der Waals surface area contributed by atoms with E-state index in [1.807, 2.05) is 0 Å². The van der Waals surface area contributed by atoms with Crippen LogP contribution >= 0.6 is 0 Å². The van der Waals surface area contributed by atoms with E-state index in [1.54, 1.807) is 48.6 Å². The van der Waals surface area contributed by atoms with Gasteiger partial charge in [0, 0.05) is 0 Å². The van der Waals surface area contributed by atoms with Gasteiger partial charge < -0.3 is 24.1 Å². The van der Waals surface area contributed by atoms with Crippen molar-refractivity contribution in [1.82, 2.24) is 5.43 Å². The molecule has 0 aliphatic rings. The van der Waals surface area contributed by atoms with Crippen molar-refractivity contribution in [3.63, 3.8) is 0 Å². The Labute approximate surface area is 201 Å². The van der Waals surface area contributed by atoms with Gasteiger partial charge in [-0.2, -0.15) is 5.10 Å². The highest BCUT2D eigenvalue weighted by molar-refractivity contribution is 6.13. The molecule has 2 aromatic carbocycles. The monoisotopic (exact) mass is 476 g/mol. The molecule has 0 aliphatic heterocycles. The molecule has 0 bridgehead atoms. The SMILES string of the molecule is COc1cc(/C=C/C(=O)CC(/C=C/c2ccc(O)c(OC)c2)=N/NC(=O)c2ccco2)ccc1O. The predicted octanol–water partition coefficient (Wildman–Crippen LogP) is 4.18. The highest BCUT2D eigenvalue weighted by atomic mass is 16.5. The van der Waals surface area contributed by atoms with Gasteiger partial charge in [-0.05, 0) is 59.7 Å². The van der Waals surface area contributed by atoms with Gasteiger partial charge in [0.05, 0.1) is 32.6 Å². The molecule has 3 aromatic rings. The lowest BCUT2D eigenvalue weighted by atomic mass is 10.1. The normalized spacial score (nSPS) is 11.7. The fourth-order valence-electron chi connectivity index (χ4n) is 2.94. The van der Waals surface area contributed by atoms with Crippen LogP contribution < -0.4 is 14.9 Å². The van der Waals surface area contributed by atoms with Crippen molar-refractivity contribution < 1.29 is 33.7 Å². The Bertz CT molecular complexity index is 1270. The average Bonchev–Trinajstić information content (AvgIpc) is 3.41. The topological polar surface area (TPSA) is 131 Å². The number of ether oxygens (including phenoxy) is 2. The molecule has 1 amide bonds. The number of rotatable bonds is 10. The zero-order chi connectivity index (χ0) is 25.2. The Morgan fingerprint density at radius 3 is 2.09 bits per heavy atom. The van der Waals surface area contributed by atoms with Gasteiger partial charge in [-0.25, -0.2) is 5.43 Å². The summed E-state index contributed by atoms with van der Waals surface area (Å²) in [5.74, 6) is -0.200. The average molecular weight is 476 g/mol. The summed E-state index contributed by atoms with van der Waals surface area (Å²) < 4.78 is 15.2. The van der Waals surface area contributed by atoms with E-state index >= 15 is 0 Å². The van der Waals surface area contributed by atoms with E-state index in [0.29, 0.717) is 16.9 Å². The molecule has 0 atom stereocenters. The zero-order valence-electron chi connectivity index (χ0n) is 19.1. The van der Waals surface area contributed by atoms with E-state index in [1.165, 1.54) is 44.8 Å². The van der Waals surface area contributed by atoms with E-state index < -0.39 is 5.91 Å². The first-order valence-electron chi connectivity index (χ1n) is 10.4. The Hall–Kier alpha value is -4.79. The first-order chi connectivity index (χ1) is 16.9. The van der Waals surface area contributed by atoms with Gasteiger partial charge in [-0.15, -0.1) is 0 Å². The summed E-state index contributed by atoms with van der Waals surface area (Å²) in [5.41, 5.74) is 3.99. The maximum absolute atomic E-state index is 12.6. The van der Waals surface area contributed by atoms with Gasteiger partial charge in [0.15, 0.2) is 34.5 Å². The van der Waals surface area contributed by atoms with Crippen molar-refractivity contribution in [3.05, 3.63) is 83.8 Å². The second kappa shape index (κ2) is 11.9. The van der Waals surface area contributed by atoms with Crippen molar-refractivity contribution in [2.24, 2.45) is 5.10 Å². The van der Waals surface area contributed by atoms with Crippen molar-refractivity contribution in [2.75, 3.05) is 14.2 Å². The number of carbonyl (C=O) groups is 2. The smallest absolute Gasteiger partial charge is 0.307 e. The van der Waals surface area contributed by atoms with E-state index in [2.05, 4.69) is 10.5 Å². The molecular weight excluding hydrogens is 452 g/mol. The van der Waals surface area contributed by atoms with Gasteiger partial charge in [-0.1, -0.05) is 24.3 Å². The van der Waals surface area contributed by atoms with E-state index in [0.717, 1.165) is 0 Å². The fraction of sp³-hybridized carbons (Fsp3) is 0.115. The molecule has 0 radical (unpaired) electrons. The molecule has 0 saturated heterocycles. The molecular formula is C26H24N2O7. The molecule has 0 fully saturated rings. The third-order valence-electron chi connectivity index (χ3n) is 4.74. The minimum atomic E-state index is -0.564. The number of methoxy groups -OCH3 is 2. The number of phenolic OH excluding ortho intramolecular Hbond substituents is 2. The van der Waals surface area contributed by atoms with Crippen LogP contribution in [0.4, 0.5) is 0 Å². The van der Waals surface area contributed by atoms with E-state index in [-0.39, 0.29) is 40.9 Å². The van der Waals surface area contributed by atoms with Crippen molar-refractivity contribution in [2.45, 2.75) is 6.42 Å². The molecule has 35 heavy (non-hydrogen) atoms. The molecule has 9 nitrogen and oxygen atoms in total. The minimum absolute atomic E-state index is 0.00423. The minimum Gasteiger partial charge on any atom is -0.504 e. The first kappa shape index (κ1) is 24.8. The van der Waals surface area contributed by atoms with Gasteiger partial charge in [0.25, 0.3) is 0 Å². The Balaban J connectivity index is 1.78. The van der Waals surface area contributed by atoms with Crippen LogP contribution in [-0.2, 0) is 4.79 Å². The van der Waals surface area contributed by atoms with Gasteiger partial charge >= 0.3 is 5.91 Å². The lowest BCUT2D eigenvalue weighted by Gasteiger charge is -2.05. The molecule has 0 aliphatic carbocycles. The van der Waals surface area contributed by atoms with Gasteiger partial charge in [-0.3, -0.25) is 9.59 Å². The third-order valence-corrected chi connectivity index (χ3v) is 4.74. The summed E-state index contributed by atoms with van der Waals surface area (Å²) in [4.78, 5) is 24.8. The largest absolute Gasteiger partial charge is 0.504 e. The van der Waals surface area contributed by atoms with Crippen molar-refractivity contribution in [1.29, 1.82) is 0 Å². The Kier molecular flexibility index (Phi) is 8.44. The number of nitrogens with one attached hydrogen (secondary N) is 1. The predicted molar refractivity (Wildman–Crippen MR) is 131 cm³/mol. The molecule has 1 aromatic heterocycles. The van der Waals surface area contributed by atoms with E-state index in [4.69, 9.17) is 13.9 Å². The lowest BCUT2D eigenvalue weighted by molar-refractivity contribution is -0.113. The number of ketones is 1. The number of hydrogen-bond acceptors (Lipinski definition) is 8. The number of furan rings is 1. The summed E-state index contributed by atoms with van der Waals surface area (Å²) in [6, 6.07) is 12.5. The molecule has 0 spiro atoms. The lowest BCUT2D eigenvalue weighted by Crippen LogP contribution is -2.19. The number of phenols is 2. The highest BCUT2D eigenvalue weighted by Gasteiger charge is 2.09. The van der Waals surface area contributed by atoms with Crippen LogP contribution in [0.25, 0.3) is 12.2 Å². The van der Waals surface area contributed by atoms with Crippen LogP contribution in [-0.4, -0.2) is 41.8 Å². The summed E-state index contributed by atoms with van der Waals surface area (Å²) in [6.07, 6.45) is 7.44. The molecule has 180 valence electrons. The molecule has 0 unspecified atom stereocenters. The summed E-state index contributed by atoms with van der Waals surface area (Å²) >= 11 is 0. The maximum Gasteiger partial charge on any atom is 0.307 e. The van der Waals surface area contributed by atoms with Crippen molar-refractivity contribution in [3.8, 4) is 23.0 Å². The highest BCUT2D eigenvalue weighted by Crippen LogP contribution is 2.27. The molecule has 1 heterocycles. The van der Waals surface area contributed by atoms with Gasteiger partial charge in [0.2, 0.25) is 0 Å². The Morgan fingerprint density at radius 2 is 1.54 bits per heavy atom. The van der Waals surface area contributed by atoms with Crippen LogP contribution in [0.1, 0.15) is 28.1 Å². The summed E-state index contributed by atoms with van der Waals surface area (Å²) in [6.45, 7) is 0. The number of hydrazone groups is 1. The zero-order valence-corrected chi connectivity index (χ0v) is 19.1. The number of allylic oxidation sites excluding steroid dienone is 2. The molecule has 9 heteroatoms. The summed E-state index contributed by atoms with van der Waals surface area (Å²) in [7, 11) is 2.87. The van der Waals surface area contributed by atoms with Gasteiger partial charge in [0.1, 0.15) is 0 Å². The number of benzene rings is 2. The standard InChI is InChI=1S/C26H24N2O7/c1-33-24-14-17(7-11-21(24)30)5-9-19(27-28-26(32)23-4-3-13-35-23)16-20(29)10-6-18-8-12-22(31)25(15-18)34-2/h3-15,30-31H,16H2,1-2H3,(H,28,32)/b9-5+,10-6+,27-19+. The number of aromatic hydroxyl groups is 2. The number of amides is 1. The van der Waals surface area contributed by atoms with Crippen LogP contribution in [0.15, 0.2) is 76.5 Å². The van der Waals surface area contributed by atoms with Crippen LogP contribution in [0.3, 0.4) is 0 Å². The van der Waals surface area contributed by atoms with E-state index in [9.17, 15) is 19.8 Å². The number of nitrogens with zero attached hydrogens (tertiary/aromatic N) is 1. The quantitative estimate of drug-likeness (QED) is 0.227. The maximum atomic E-state index is 12.6. The molecule has 0 saturated carbocycles. The molecule has 3 rings (SSSR count). The third kappa shape index (κ3) is 7.10. The van der Waals surface area contributed by atoms with Crippen molar-refractivity contribution >= 4 is 29.6 Å². The summed E-state index contributed by atoms with van der Waals surface area (Å²) in [5, 5.41) is 23.5. The fourth-order valence-corrected chi connectivity index (χ4v) is 2.94. The Morgan fingerprint density at radius 1 is 0.943 bits per heavy atom.